The number of carbonyl (C=O) groups excluding carboxylic acids is 2. The molecule has 1 aliphatic rings. The lowest BCUT2D eigenvalue weighted by Crippen LogP contribution is -2.38. The van der Waals surface area contributed by atoms with Crippen LogP contribution in [0.4, 0.5) is 5.13 Å². The fourth-order valence-electron chi connectivity index (χ4n) is 3.96. The maximum atomic E-state index is 13.5. The van der Waals surface area contributed by atoms with Gasteiger partial charge in [0, 0.05) is 22.6 Å². The lowest BCUT2D eigenvalue weighted by molar-refractivity contribution is -0.123. The Morgan fingerprint density at radius 1 is 1.21 bits per heavy atom. The molecule has 0 saturated heterocycles. The van der Waals surface area contributed by atoms with Crippen LogP contribution in [0.5, 0.6) is 5.75 Å². The minimum atomic E-state index is -1.18. The molecule has 2 amide bonds. The van der Waals surface area contributed by atoms with Crippen molar-refractivity contribution in [3.8, 4) is 23.1 Å². The highest BCUT2D eigenvalue weighted by atomic mass is 32.1. The van der Waals surface area contributed by atoms with E-state index in [0.29, 0.717) is 22.1 Å². The van der Waals surface area contributed by atoms with Gasteiger partial charge in [0.1, 0.15) is 11.7 Å². The number of amides is 2. The third-order valence-corrected chi connectivity index (χ3v) is 6.41. The highest BCUT2D eigenvalue weighted by Gasteiger charge is 2.46. The summed E-state index contributed by atoms with van der Waals surface area (Å²) in [7, 11) is 1.60. The standard InChI is InChI=1S/C24H21N5O3S/c1-14-20(21(18(12-25)22(26)30)16-6-4-3-5-7-16)23(31)29(28-14)24-27-19(13-33-24)15-8-10-17(32-2)11-9-15/h3-11,13,18,20-21H,1-2H3,(H2,26,30)/t18-,20-,21-/m1/s1. The van der Waals surface area contributed by atoms with Gasteiger partial charge < -0.3 is 10.5 Å². The third-order valence-electron chi connectivity index (χ3n) is 5.59. The number of hydrogen-bond acceptors (Lipinski definition) is 7. The zero-order chi connectivity index (χ0) is 23.5. The number of primary amides is 1. The number of nitriles is 1. The Morgan fingerprint density at radius 2 is 1.91 bits per heavy atom. The van der Waals surface area contributed by atoms with Crippen LogP contribution in [-0.4, -0.2) is 29.6 Å². The Hall–Kier alpha value is -4.03. The third kappa shape index (κ3) is 4.21. The summed E-state index contributed by atoms with van der Waals surface area (Å²) in [4.78, 5) is 30.2. The summed E-state index contributed by atoms with van der Waals surface area (Å²) in [5, 5.41) is 17.6. The van der Waals surface area contributed by atoms with Crippen LogP contribution in [0.25, 0.3) is 11.3 Å². The van der Waals surface area contributed by atoms with Gasteiger partial charge in [-0.1, -0.05) is 30.3 Å². The Morgan fingerprint density at radius 3 is 2.52 bits per heavy atom. The minimum absolute atomic E-state index is 0.349. The molecule has 3 atom stereocenters. The van der Waals surface area contributed by atoms with E-state index in [0.717, 1.165) is 11.3 Å². The molecule has 2 N–H and O–H groups in total. The van der Waals surface area contributed by atoms with Gasteiger partial charge in [-0.2, -0.15) is 15.4 Å². The van der Waals surface area contributed by atoms with Crippen LogP contribution < -0.4 is 15.5 Å². The van der Waals surface area contributed by atoms with Gasteiger partial charge in [-0.15, -0.1) is 11.3 Å². The number of carbonyl (C=O) groups is 2. The van der Waals surface area contributed by atoms with E-state index >= 15 is 0 Å². The molecule has 0 radical (unpaired) electrons. The van der Waals surface area contributed by atoms with Crippen LogP contribution in [0.1, 0.15) is 18.4 Å². The summed E-state index contributed by atoms with van der Waals surface area (Å²) in [6.45, 7) is 1.71. The normalized spacial score (nSPS) is 17.2. The molecule has 0 spiro atoms. The fraction of sp³-hybridized carbons (Fsp3) is 0.208. The first kappa shape index (κ1) is 22.2. The fourth-order valence-corrected chi connectivity index (χ4v) is 4.75. The van der Waals surface area contributed by atoms with Crippen molar-refractivity contribution in [1.82, 2.24) is 4.98 Å². The first-order valence-electron chi connectivity index (χ1n) is 10.2. The number of hydrogen-bond donors (Lipinski definition) is 1. The highest BCUT2D eigenvalue weighted by molar-refractivity contribution is 7.14. The van der Waals surface area contributed by atoms with Crippen molar-refractivity contribution in [2.24, 2.45) is 22.7 Å². The van der Waals surface area contributed by atoms with E-state index in [1.54, 1.807) is 38.3 Å². The van der Waals surface area contributed by atoms with E-state index in [2.05, 4.69) is 10.1 Å². The van der Waals surface area contributed by atoms with E-state index in [1.807, 2.05) is 41.8 Å². The first-order chi connectivity index (χ1) is 15.9. The number of thiazole rings is 1. The van der Waals surface area contributed by atoms with Crippen molar-refractivity contribution < 1.29 is 14.3 Å². The van der Waals surface area contributed by atoms with E-state index in [9.17, 15) is 14.9 Å². The number of rotatable bonds is 7. The Bertz CT molecular complexity index is 1250. The molecular weight excluding hydrogens is 438 g/mol. The van der Waals surface area contributed by atoms with Gasteiger partial charge >= 0.3 is 0 Å². The monoisotopic (exact) mass is 459 g/mol. The largest absolute Gasteiger partial charge is 0.497 e. The molecular formula is C24H21N5O3S. The highest BCUT2D eigenvalue weighted by Crippen LogP contribution is 2.39. The molecule has 33 heavy (non-hydrogen) atoms. The molecule has 0 fully saturated rings. The second kappa shape index (κ2) is 9.22. The molecule has 9 heteroatoms. The predicted molar refractivity (Wildman–Crippen MR) is 126 cm³/mol. The number of hydrazone groups is 1. The van der Waals surface area contributed by atoms with E-state index in [-0.39, 0.29) is 5.91 Å². The first-order valence-corrected chi connectivity index (χ1v) is 11.1. The maximum absolute atomic E-state index is 13.5. The number of nitrogens with two attached hydrogens (primary N) is 1. The summed E-state index contributed by atoms with van der Waals surface area (Å²) >= 11 is 1.29. The van der Waals surface area contributed by atoms with Crippen LogP contribution in [0.2, 0.25) is 0 Å². The SMILES string of the molecule is COc1ccc(-c2csc(N3N=C(C)[C@H]([C@H](c4ccccc4)[C@@H](C#N)C(N)=O)C3=O)n2)cc1. The van der Waals surface area contributed by atoms with Crippen molar-refractivity contribution in [3.05, 3.63) is 65.5 Å². The van der Waals surface area contributed by atoms with Gasteiger partial charge in [0.25, 0.3) is 5.91 Å². The maximum Gasteiger partial charge on any atom is 0.259 e. The van der Waals surface area contributed by atoms with Gasteiger partial charge in [-0.05, 0) is 36.8 Å². The molecule has 0 unspecified atom stereocenters. The molecule has 1 aromatic heterocycles. The minimum Gasteiger partial charge on any atom is -0.497 e. The van der Waals surface area contributed by atoms with E-state index in [1.165, 1.54) is 16.3 Å². The molecule has 8 nitrogen and oxygen atoms in total. The van der Waals surface area contributed by atoms with Crippen LogP contribution in [-0.2, 0) is 9.59 Å². The molecule has 166 valence electrons. The van der Waals surface area contributed by atoms with Crippen molar-refractivity contribution in [2.75, 3.05) is 12.1 Å². The number of ether oxygens (including phenoxy) is 1. The van der Waals surface area contributed by atoms with Gasteiger partial charge in [0.2, 0.25) is 11.0 Å². The Kier molecular flexibility index (Phi) is 6.20. The molecule has 4 rings (SSSR count). The molecule has 1 aliphatic heterocycles. The number of benzene rings is 2. The number of anilines is 1. The van der Waals surface area contributed by atoms with E-state index < -0.39 is 23.7 Å². The van der Waals surface area contributed by atoms with Crippen molar-refractivity contribution in [2.45, 2.75) is 12.8 Å². The summed E-state index contributed by atoms with van der Waals surface area (Å²) < 4.78 is 5.19. The molecule has 3 aromatic rings. The molecule has 2 heterocycles. The van der Waals surface area contributed by atoms with Gasteiger partial charge in [-0.25, -0.2) is 4.98 Å². The van der Waals surface area contributed by atoms with Crippen LogP contribution in [0.15, 0.2) is 65.1 Å². The Labute approximate surface area is 194 Å². The topological polar surface area (TPSA) is 122 Å². The van der Waals surface area contributed by atoms with Gasteiger partial charge in [0.15, 0.2) is 0 Å². The number of aromatic nitrogens is 1. The van der Waals surface area contributed by atoms with E-state index in [4.69, 9.17) is 10.5 Å². The second-order valence-electron chi connectivity index (χ2n) is 7.56. The number of nitrogens with zero attached hydrogens (tertiary/aromatic N) is 4. The second-order valence-corrected chi connectivity index (χ2v) is 8.40. The average Bonchev–Trinajstić information content (AvgIpc) is 3.42. The molecule has 0 bridgehead atoms. The molecule has 2 aromatic carbocycles. The molecule has 0 saturated carbocycles. The number of methoxy groups -OCH3 is 1. The lowest BCUT2D eigenvalue weighted by Gasteiger charge is -2.25. The van der Waals surface area contributed by atoms with Gasteiger partial charge in [-0.3, -0.25) is 9.59 Å². The average molecular weight is 460 g/mol. The Balaban J connectivity index is 1.67. The summed E-state index contributed by atoms with van der Waals surface area (Å²) in [6.07, 6.45) is 0. The van der Waals surface area contributed by atoms with Crippen molar-refractivity contribution in [3.63, 3.8) is 0 Å². The zero-order valence-corrected chi connectivity index (χ0v) is 18.8. The molecule has 0 aliphatic carbocycles. The van der Waals surface area contributed by atoms with Crippen molar-refractivity contribution >= 4 is 34.0 Å². The van der Waals surface area contributed by atoms with Crippen LogP contribution in [0, 0.1) is 23.2 Å². The summed E-state index contributed by atoms with van der Waals surface area (Å²) in [6, 6.07) is 18.4. The predicted octanol–water partition coefficient (Wildman–Crippen LogP) is 3.57. The zero-order valence-electron chi connectivity index (χ0n) is 18.0. The van der Waals surface area contributed by atoms with Crippen molar-refractivity contribution in [1.29, 1.82) is 5.26 Å². The quantitative estimate of drug-likeness (QED) is 0.579. The smallest absolute Gasteiger partial charge is 0.259 e. The van der Waals surface area contributed by atoms with Crippen LogP contribution in [0.3, 0.4) is 0 Å². The summed E-state index contributed by atoms with van der Waals surface area (Å²) in [5.41, 5.74) is 8.29. The lowest BCUT2D eigenvalue weighted by atomic mass is 9.75. The summed E-state index contributed by atoms with van der Waals surface area (Å²) in [5.74, 6) is -3.13. The van der Waals surface area contributed by atoms with Crippen LogP contribution >= 0.6 is 11.3 Å². The van der Waals surface area contributed by atoms with Gasteiger partial charge in [0.05, 0.1) is 24.8 Å².